The van der Waals surface area contributed by atoms with Gasteiger partial charge in [0.2, 0.25) is 0 Å². The smallest absolute Gasteiger partial charge is 0.0799 e. The summed E-state index contributed by atoms with van der Waals surface area (Å²) in [4.78, 5) is 14.3. The summed E-state index contributed by atoms with van der Waals surface area (Å²) in [5.74, 6) is 0.475. The minimum absolute atomic E-state index is 0. The third-order valence-electron chi connectivity index (χ3n) is 9.06. The summed E-state index contributed by atoms with van der Waals surface area (Å²) >= 11 is 1.76. The summed E-state index contributed by atoms with van der Waals surface area (Å²) in [7, 11) is -1.43. The van der Waals surface area contributed by atoms with Crippen LogP contribution in [0, 0.1) is 12.1 Å². The normalized spacial score (nSPS) is 11.3. The number of nitrogens with zero attached hydrogens (tertiary/aromatic N) is 3. The Balaban J connectivity index is 0.000000179. The molecule has 0 unspecified atom stereocenters. The fourth-order valence-electron chi connectivity index (χ4n) is 6.29. The van der Waals surface area contributed by atoms with Gasteiger partial charge >= 0.3 is 0 Å². The van der Waals surface area contributed by atoms with Gasteiger partial charge in [-0.15, -0.1) is 59.7 Å². The van der Waals surface area contributed by atoms with Crippen LogP contribution in [0.2, 0.25) is 19.6 Å². The van der Waals surface area contributed by atoms with Crippen molar-refractivity contribution in [2.45, 2.75) is 45.8 Å². The van der Waals surface area contributed by atoms with Crippen molar-refractivity contribution in [3.05, 3.63) is 169 Å². The van der Waals surface area contributed by atoms with Crippen LogP contribution in [0.3, 0.4) is 0 Å². The predicted molar refractivity (Wildman–Crippen MR) is 219 cm³/mol. The fourth-order valence-corrected chi connectivity index (χ4v) is 8.88. The van der Waals surface area contributed by atoms with Crippen molar-refractivity contribution >= 4 is 44.9 Å². The van der Waals surface area contributed by atoms with Crippen molar-refractivity contribution in [3.63, 3.8) is 0 Å². The van der Waals surface area contributed by atoms with Crippen LogP contribution in [0.1, 0.15) is 36.5 Å². The second-order valence-corrected chi connectivity index (χ2v) is 20.3. The van der Waals surface area contributed by atoms with Crippen molar-refractivity contribution in [2.75, 3.05) is 0 Å². The van der Waals surface area contributed by atoms with Gasteiger partial charge in [-0.3, -0.25) is 0 Å². The number of hydrogen-bond acceptors (Lipinski definition) is 4. The van der Waals surface area contributed by atoms with Gasteiger partial charge in [-0.2, -0.15) is 11.3 Å². The summed E-state index contributed by atoms with van der Waals surface area (Å²) in [5, 5.41) is 2.62. The Morgan fingerprint density at radius 3 is 2.13 bits per heavy atom. The minimum Gasteiger partial charge on any atom is -0.305 e. The first-order chi connectivity index (χ1) is 24.7. The molecule has 3 nitrogen and oxygen atoms in total. The molecule has 52 heavy (non-hydrogen) atoms. The second kappa shape index (κ2) is 16.4. The first-order valence-corrected chi connectivity index (χ1v) is 21.8. The Morgan fingerprint density at radius 1 is 0.692 bits per heavy atom. The molecule has 0 N–H and O–H groups in total. The van der Waals surface area contributed by atoms with E-state index in [9.17, 15) is 0 Å². The van der Waals surface area contributed by atoms with Crippen molar-refractivity contribution in [2.24, 2.45) is 0 Å². The molecule has 1 radical (unpaired) electrons. The molecule has 0 fully saturated rings. The molecule has 0 aliphatic rings. The number of pyridine rings is 3. The predicted octanol–water partition coefficient (Wildman–Crippen LogP) is 11.8. The van der Waals surface area contributed by atoms with Crippen LogP contribution in [0.15, 0.2) is 140 Å². The summed E-state index contributed by atoms with van der Waals surface area (Å²) in [6.07, 6.45) is 4.95. The summed E-state index contributed by atoms with van der Waals surface area (Å²) < 4.78 is 2.40. The molecular formula is C46H41IrN3SSi-2. The fraction of sp³-hybridized carbons (Fsp3) is 0.152. The molecule has 0 saturated heterocycles. The summed E-state index contributed by atoms with van der Waals surface area (Å²) in [6.45, 7) is 11.5. The van der Waals surface area contributed by atoms with Crippen LogP contribution >= 0.6 is 11.3 Å². The maximum atomic E-state index is 4.99. The van der Waals surface area contributed by atoms with E-state index in [1.165, 1.54) is 36.7 Å². The summed E-state index contributed by atoms with van der Waals surface area (Å²) in [5.41, 5.74) is 11.3. The van der Waals surface area contributed by atoms with Crippen molar-refractivity contribution in [3.8, 4) is 33.8 Å². The minimum atomic E-state index is -1.43. The van der Waals surface area contributed by atoms with Gasteiger partial charge in [-0.05, 0) is 57.4 Å². The molecular weight excluding hydrogens is 847 g/mol. The van der Waals surface area contributed by atoms with E-state index < -0.39 is 8.07 Å². The Labute approximate surface area is 326 Å². The van der Waals surface area contributed by atoms with Gasteiger partial charge in [0, 0.05) is 42.8 Å². The van der Waals surface area contributed by atoms with Crippen LogP contribution in [0.25, 0.3) is 54.1 Å². The van der Waals surface area contributed by atoms with Crippen molar-refractivity contribution in [1.29, 1.82) is 0 Å². The Bertz CT molecular complexity index is 2400. The van der Waals surface area contributed by atoms with Crippen molar-refractivity contribution < 1.29 is 20.1 Å². The number of thiophene rings is 1. The molecule has 8 rings (SSSR count). The van der Waals surface area contributed by atoms with Crippen LogP contribution in [0.5, 0.6) is 0 Å². The number of benzene rings is 4. The van der Waals surface area contributed by atoms with Crippen LogP contribution in [0.4, 0.5) is 0 Å². The van der Waals surface area contributed by atoms with E-state index in [1.54, 1.807) is 11.3 Å². The van der Waals surface area contributed by atoms with Gasteiger partial charge in [0.1, 0.15) is 0 Å². The zero-order valence-corrected chi connectivity index (χ0v) is 34.4. The number of aromatic nitrogens is 3. The zero-order chi connectivity index (χ0) is 35.4. The van der Waals surface area contributed by atoms with E-state index >= 15 is 0 Å². The van der Waals surface area contributed by atoms with E-state index in [4.69, 9.17) is 9.97 Å². The molecule has 0 aliphatic carbocycles. The number of fused-ring (bicyclic) bond motifs is 3. The first kappa shape index (κ1) is 37.2. The molecule has 4 aromatic heterocycles. The van der Waals surface area contributed by atoms with Crippen molar-refractivity contribution in [1.82, 2.24) is 15.0 Å². The quantitative estimate of drug-likeness (QED) is 0.118. The standard InChI is InChI=1S/C25H19N2S.C21H22NSi.Ir/c1-16(2)18-12-13-26-22(15-18)19-8-10-23-20(14-19)25-24(28-23)11-9-21(27-25)17-6-4-3-5-7-17;1-23(2,3)21-16-22-20(18-12-8-5-9-13-18)15-19(21)14-17-10-6-4-7-11-17;/h3-7,9-16H,1-2H3;4-12,15-16H,14H2,1-3H3;/q2*-1;. The molecule has 4 heterocycles. The SMILES string of the molecule is CC(C)c1ccnc(-c2[c-]cc3sc4ccc(-c5ccccc5)nc4c3c2)c1.C[Si](C)(C)c1cnc(-c2[c-]cccc2)cc1Cc1ccccc1.[Ir]. The third-order valence-corrected chi connectivity index (χ3v) is 12.2. The molecule has 6 heteroatoms. The number of hydrogen-bond donors (Lipinski definition) is 0. The van der Waals surface area contributed by atoms with Gasteiger partial charge in [0.25, 0.3) is 0 Å². The summed E-state index contributed by atoms with van der Waals surface area (Å²) in [6, 6.07) is 50.8. The maximum absolute atomic E-state index is 4.99. The second-order valence-electron chi connectivity index (χ2n) is 14.2. The molecule has 0 aliphatic heterocycles. The van der Waals surface area contributed by atoms with Gasteiger partial charge in [0.05, 0.1) is 19.3 Å². The monoisotopic (exact) mass is 888 g/mol. The third kappa shape index (κ3) is 8.54. The van der Waals surface area contributed by atoms with E-state index in [2.05, 4.69) is 148 Å². The van der Waals surface area contributed by atoms with E-state index in [-0.39, 0.29) is 20.1 Å². The van der Waals surface area contributed by atoms with Crippen LogP contribution < -0.4 is 5.19 Å². The first-order valence-electron chi connectivity index (χ1n) is 17.5. The Morgan fingerprint density at radius 2 is 1.42 bits per heavy atom. The molecule has 0 spiro atoms. The molecule has 0 bridgehead atoms. The van der Waals surface area contributed by atoms with Crippen LogP contribution in [-0.4, -0.2) is 23.0 Å². The molecule has 0 saturated carbocycles. The van der Waals surface area contributed by atoms with Gasteiger partial charge < -0.3 is 9.97 Å². The van der Waals surface area contributed by atoms with Gasteiger partial charge in [-0.25, -0.2) is 4.98 Å². The molecule has 0 amide bonds. The molecule has 4 aromatic carbocycles. The number of rotatable bonds is 7. The maximum Gasteiger partial charge on any atom is 0.0799 e. The molecule has 261 valence electrons. The van der Waals surface area contributed by atoms with E-state index in [1.807, 2.05) is 42.6 Å². The zero-order valence-electron chi connectivity index (χ0n) is 30.1. The Hall–Kier alpha value is -4.58. The van der Waals surface area contributed by atoms with E-state index in [0.29, 0.717) is 5.92 Å². The van der Waals surface area contributed by atoms with Crippen LogP contribution in [-0.2, 0) is 26.5 Å². The Kier molecular flexibility index (Phi) is 11.7. The molecule has 0 atom stereocenters. The van der Waals surface area contributed by atoms with E-state index in [0.717, 1.165) is 45.7 Å². The average molecular weight is 888 g/mol. The molecule has 8 aromatic rings. The topological polar surface area (TPSA) is 38.7 Å². The van der Waals surface area contributed by atoms with Gasteiger partial charge in [-0.1, -0.05) is 123 Å². The average Bonchev–Trinajstić information content (AvgIpc) is 3.53. The largest absolute Gasteiger partial charge is 0.305 e. The van der Waals surface area contributed by atoms with Gasteiger partial charge in [0.15, 0.2) is 0 Å².